The molecule has 0 saturated carbocycles. The molecule has 0 fully saturated rings. The molecule has 6 nitrogen and oxygen atoms in total. The van der Waals surface area contributed by atoms with Gasteiger partial charge < -0.3 is 10.6 Å². The summed E-state index contributed by atoms with van der Waals surface area (Å²) in [5.41, 5.74) is 0.882. The van der Waals surface area contributed by atoms with Gasteiger partial charge in [0, 0.05) is 5.56 Å². The van der Waals surface area contributed by atoms with Crippen molar-refractivity contribution in [3.05, 3.63) is 59.7 Å². The fourth-order valence-electron chi connectivity index (χ4n) is 2.28. The predicted molar refractivity (Wildman–Crippen MR) is 104 cm³/mol. The van der Waals surface area contributed by atoms with Crippen LogP contribution in [0.1, 0.15) is 34.6 Å². The second kappa shape index (κ2) is 8.52. The summed E-state index contributed by atoms with van der Waals surface area (Å²) in [7, 11) is -3.41. The van der Waals surface area contributed by atoms with E-state index in [-0.39, 0.29) is 22.6 Å². The molecule has 0 spiro atoms. The van der Waals surface area contributed by atoms with Gasteiger partial charge in [0.1, 0.15) is 0 Å². The van der Waals surface area contributed by atoms with E-state index in [2.05, 4.69) is 16.6 Å². The molecule has 7 heteroatoms. The molecule has 0 bridgehead atoms. The van der Waals surface area contributed by atoms with Crippen LogP contribution < -0.4 is 10.6 Å². The van der Waals surface area contributed by atoms with Gasteiger partial charge in [-0.1, -0.05) is 18.1 Å². The molecule has 0 aliphatic carbocycles. The first-order valence-electron chi connectivity index (χ1n) is 8.23. The van der Waals surface area contributed by atoms with Crippen LogP contribution in [-0.2, 0) is 9.84 Å². The quantitative estimate of drug-likeness (QED) is 0.749. The Morgan fingerprint density at radius 3 is 2.26 bits per heavy atom. The number of benzene rings is 2. The molecule has 2 N–H and O–H groups in total. The van der Waals surface area contributed by atoms with Crippen LogP contribution in [0.5, 0.6) is 0 Å². The summed E-state index contributed by atoms with van der Waals surface area (Å²) in [6.45, 7) is 3.27. The molecule has 0 unspecified atom stereocenters. The van der Waals surface area contributed by atoms with E-state index in [0.717, 1.165) is 0 Å². The van der Waals surface area contributed by atoms with Crippen molar-refractivity contribution in [3.63, 3.8) is 0 Å². The summed E-state index contributed by atoms with van der Waals surface area (Å²) in [5, 5.41) is 4.66. The van der Waals surface area contributed by atoms with Crippen molar-refractivity contribution in [2.45, 2.75) is 24.0 Å². The lowest BCUT2D eigenvalue weighted by molar-refractivity contribution is 0.0959. The fourth-order valence-corrected chi connectivity index (χ4v) is 3.34. The molecule has 0 radical (unpaired) electrons. The molecular formula is C20H20N2O4S. The Hall–Kier alpha value is -3.11. The lowest BCUT2D eigenvalue weighted by atomic mass is 10.1. The van der Waals surface area contributed by atoms with Crippen LogP contribution in [0.4, 0.5) is 5.69 Å². The number of nitrogens with one attached hydrogen (secondary N) is 2. The Morgan fingerprint density at radius 2 is 1.67 bits per heavy atom. The zero-order valence-corrected chi connectivity index (χ0v) is 15.8. The number of anilines is 1. The van der Waals surface area contributed by atoms with Gasteiger partial charge in [0.2, 0.25) is 0 Å². The van der Waals surface area contributed by atoms with Crippen molar-refractivity contribution in [2.24, 2.45) is 0 Å². The van der Waals surface area contributed by atoms with Gasteiger partial charge in [0.15, 0.2) is 9.84 Å². The first-order valence-corrected chi connectivity index (χ1v) is 9.78. The average molecular weight is 384 g/mol. The van der Waals surface area contributed by atoms with Crippen molar-refractivity contribution in [2.75, 3.05) is 11.9 Å². The summed E-state index contributed by atoms with van der Waals surface area (Å²) >= 11 is 0. The first kappa shape index (κ1) is 20.2. The molecule has 0 aromatic heterocycles. The third-order valence-electron chi connectivity index (χ3n) is 3.84. The van der Waals surface area contributed by atoms with Gasteiger partial charge in [-0.25, -0.2) is 8.42 Å². The van der Waals surface area contributed by atoms with Gasteiger partial charge in [0.05, 0.1) is 27.9 Å². The molecule has 0 atom stereocenters. The summed E-state index contributed by atoms with van der Waals surface area (Å²) < 4.78 is 24.3. The zero-order valence-electron chi connectivity index (χ0n) is 15.0. The van der Waals surface area contributed by atoms with Crippen LogP contribution in [0.2, 0.25) is 0 Å². The lowest BCUT2D eigenvalue weighted by Gasteiger charge is -2.11. The summed E-state index contributed by atoms with van der Waals surface area (Å²) in [6, 6.07) is 12.2. The zero-order chi connectivity index (χ0) is 20.0. The Kier molecular flexibility index (Phi) is 6.37. The molecule has 2 aromatic rings. The molecule has 2 aromatic carbocycles. The van der Waals surface area contributed by atoms with Gasteiger partial charge in [0.25, 0.3) is 11.8 Å². The number of para-hydroxylation sites is 1. The van der Waals surface area contributed by atoms with Crippen molar-refractivity contribution < 1.29 is 18.0 Å². The van der Waals surface area contributed by atoms with Crippen molar-refractivity contribution in [3.8, 4) is 12.3 Å². The molecule has 0 aliphatic heterocycles. The Balaban J connectivity index is 2.21. The van der Waals surface area contributed by atoms with E-state index in [1.54, 1.807) is 38.1 Å². The molecule has 140 valence electrons. The van der Waals surface area contributed by atoms with Crippen molar-refractivity contribution in [1.29, 1.82) is 0 Å². The van der Waals surface area contributed by atoms with Crippen LogP contribution >= 0.6 is 0 Å². The predicted octanol–water partition coefficient (Wildman–Crippen LogP) is 2.48. The normalized spacial score (nSPS) is 10.9. The number of carbonyl (C=O) groups excluding carboxylic acids is 2. The maximum atomic E-state index is 12.5. The summed E-state index contributed by atoms with van der Waals surface area (Å²) in [5.74, 6) is 1.45. The molecule has 2 amide bonds. The maximum absolute atomic E-state index is 12.5. The van der Waals surface area contributed by atoms with Gasteiger partial charge in [-0.15, -0.1) is 6.42 Å². The van der Waals surface area contributed by atoms with Crippen molar-refractivity contribution >= 4 is 27.3 Å². The number of sulfone groups is 1. The van der Waals surface area contributed by atoms with E-state index < -0.39 is 26.9 Å². The van der Waals surface area contributed by atoms with E-state index in [0.29, 0.717) is 5.69 Å². The highest BCUT2D eigenvalue weighted by Crippen LogP contribution is 2.19. The van der Waals surface area contributed by atoms with E-state index in [1.165, 1.54) is 24.3 Å². The van der Waals surface area contributed by atoms with Crippen LogP contribution in [0.15, 0.2) is 53.4 Å². The highest BCUT2D eigenvalue weighted by Gasteiger charge is 2.20. The molecule has 27 heavy (non-hydrogen) atoms. The number of terminal acetylenes is 1. The molecule has 0 aliphatic rings. The molecule has 2 rings (SSSR count). The minimum absolute atomic E-state index is 0.0763. The molecule has 0 saturated heterocycles. The Morgan fingerprint density at radius 1 is 1.04 bits per heavy atom. The third-order valence-corrected chi connectivity index (χ3v) is 6.01. The fraction of sp³-hybridized carbons (Fsp3) is 0.200. The first-order chi connectivity index (χ1) is 12.8. The van der Waals surface area contributed by atoms with Gasteiger partial charge in [-0.3, -0.25) is 9.59 Å². The number of carbonyl (C=O) groups is 2. The Bertz CT molecular complexity index is 987. The van der Waals surface area contributed by atoms with Gasteiger partial charge in [-0.2, -0.15) is 0 Å². The Labute approximate surface area is 158 Å². The van der Waals surface area contributed by atoms with Crippen LogP contribution in [0.25, 0.3) is 0 Å². The molecule has 0 heterocycles. The summed E-state index contributed by atoms with van der Waals surface area (Å²) in [6.07, 6.45) is 5.13. The summed E-state index contributed by atoms with van der Waals surface area (Å²) in [4.78, 5) is 24.8. The highest BCUT2D eigenvalue weighted by atomic mass is 32.2. The van der Waals surface area contributed by atoms with E-state index in [1.807, 2.05) is 0 Å². The smallest absolute Gasteiger partial charge is 0.255 e. The van der Waals surface area contributed by atoms with Crippen molar-refractivity contribution in [1.82, 2.24) is 5.32 Å². The highest BCUT2D eigenvalue weighted by molar-refractivity contribution is 7.92. The maximum Gasteiger partial charge on any atom is 0.255 e. The lowest BCUT2D eigenvalue weighted by Crippen LogP contribution is -2.25. The van der Waals surface area contributed by atoms with Gasteiger partial charge >= 0.3 is 0 Å². The number of amides is 2. The van der Waals surface area contributed by atoms with Crippen LogP contribution in [0.3, 0.4) is 0 Å². The van der Waals surface area contributed by atoms with Gasteiger partial charge in [-0.05, 0) is 50.2 Å². The number of rotatable bonds is 6. The third kappa shape index (κ3) is 4.74. The number of hydrogen-bond acceptors (Lipinski definition) is 4. The van der Waals surface area contributed by atoms with E-state index in [9.17, 15) is 18.0 Å². The minimum Gasteiger partial charge on any atom is -0.341 e. The second-order valence-electron chi connectivity index (χ2n) is 6.00. The van der Waals surface area contributed by atoms with E-state index in [4.69, 9.17) is 6.42 Å². The second-order valence-corrected chi connectivity index (χ2v) is 8.51. The average Bonchev–Trinajstić information content (AvgIpc) is 2.66. The topological polar surface area (TPSA) is 92.3 Å². The minimum atomic E-state index is -3.41. The van der Waals surface area contributed by atoms with E-state index >= 15 is 0 Å². The monoisotopic (exact) mass is 384 g/mol. The SMILES string of the molecule is C#CCNC(=O)c1ccccc1NC(=O)c1ccc(S(=O)(=O)C(C)C)cc1. The van der Waals surface area contributed by atoms with Crippen LogP contribution in [-0.4, -0.2) is 32.0 Å². The largest absolute Gasteiger partial charge is 0.341 e. The molecular weight excluding hydrogens is 364 g/mol. The van der Waals surface area contributed by atoms with Crippen LogP contribution in [0, 0.1) is 12.3 Å². The standard InChI is InChI=1S/C20H20N2O4S/c1-4-13-21-20(24)17-7-5-6-8-18(17)22-19(23)15-9-11-16(12-10-15)27(25,26)14(2)3/h1,5-12,14H,13H2,2-3H3,(H,21,24)(H,22,23). The number of hydrogen-bond donors (Lipinski definition) is 2.